The minimum Gasteiger partial charge on any atom is -0.492 e. The van der Waals surface area contributed by atoms with Gasteiger partial charge >= 0.3 is 0 Å². The number of hydrogen-bond acceptors (Lipinski definition) is 5. The van der Waals surface area contributed by atoms with Crippen LogP contribution in [0.25, 0.3) is 11.3 Å². The van der Waals surface area contributed by atoms with E-state index >= 15 is 0 Å². The molecule has 1 unspecified atom stereocenters. The molecule has 1 atom stereocenters. The normalized spacial score (nSPS) is 16.4. The lowest BCUT2D eigenvalue weighted by molar-refractivity contribution is 0.221. The van der Waals surface area contributed by atoms with Gasteiger partial charge in [-0.05, 0) is 77.4 Å². The van der Waals surface area contributed by atoms with E-state index in [9.17, 15) is 0 Å². The fourth-order valence-electron chi connectivity index (χ4n) is 4.84. The van der Waals surface area contributed by atoms with Crippen LogP contribution in [-0.4, -0.2) is 57.7 Å². The first kappa shape index (κ1) is 24.6. The Labute approximate surface area is 208 Å². The van der Waals surface area contributed by atoms with Gasteiger partial charge in [0.05, 0.1) is 11.7 Å². The van der Waals surface area contributed by atoms with Gasteiger partial charge in [0.15, 0.2) is 5.65 Å². The first-order valence-corrected chi connectivity index (χ1v) is 12.7. The number of likely N-dealkylation sites (tertiary alicyclic amines) is 1. The topological polar surface area (TPSA) is 45.9 Å². The molecule has 7 heteroatoms. The molecule has 0 aliphatic carbocycles. The average molecular weight is 482 g/mol. The molecule has 0 N–H and O–H groups in total. The summed E-state index contributed by atoms with van der Waals surface area (Å²) in [6, 6.07) is 10.1. The smallest absolute Gasteiger partial charge is 0.155 e. The molecule has 0 spiro atoms. The van der Waals surface area contributed by atoms with Crippen molar-refractivity contribution in [3.05, 3.63) is 64.6 Å². The van der Waals surface area contributed by atoms with Crippen molar-refractivity contribution in [3.63, 3.8) is 0 Å². The lowest BCUT2D eigenvalue weighted by atomic mass is 9.97. The maximum atomic E-state index is 6.42. The number of halogens is 1. The van der Waals surface area contributed by atoms with Crippen molar-refractivity contribution in [3.8, 4) is 5.75 Å². The number of benzene rings is 1. The molecule has 1 aliphatic heterocycles. The number of aryl methyl sites for hydroxylation is 2. The largest absolute Gasteiger partial charge is 0.492 e. The fraction of sp³-hybridized carbons (Fsp3) is 0.481. The van der Waals surface area contributed by atoms with E-state index in [1.54, 1.807) is 0 Å². The Kier molecular flexibility index (Phi) is 7.79. The van der Waals surface area contributed by atoms with Gasteiger partial charge in [0, 0.05) is 46.8 Å². The molecule has 0 bridgehead atoms. The molecule has 0 saturated carbocycles. The number of likely N-dealkylation sites (N-methyl/N-ethyl adjacent to an activating group) is 1. The zero-order valence-electron chi connectivity index (χ0n) is 20.9. The van der Waals surface area contributed by atoms with Crippen LogP contribution in [0.3, 0.4) is 0 Å². The van der Waals surface area contributed by atoms with Gasteiger partial charge in [-0.2, -0.15) is 5.10 Å². The number of rotatable bonds is 9. The molecule has 1 aromatic carbocycles. The van der Waals surface area contributed by atoms with Gasteiger partial charge in [-0.25, -0.2) is 9.50 Å². The zero-order valence-corrected chi connectivity index (χ0v) is 21.6. The highest BCUT2D eigenvalue weighted by atomic mass is 35.5. The van der Waals surface area contributed by atoms with E-state index < -0.39 is 0 Å². The highest BCUT2D eigenvalue weighted by Crippen LogP contribution is 2.39. The molecule has 182 valence electrons. The summed E-state index contributed by atoms with van der Waals surface area (Å²) in [5.74, 6) is 0.826. The third kappa shape index (κ3) is 5.39. The first-order chi connectivity index (χ1) is 16.4. The summed E-state index contributed by atoms with van der Waals surface area (Å²) < 4.78 is 8.16. The van der Waals surface area contributed by atoms with E-state index in [0.29, 0.717) is 11.6 Å². The van der Waals surface area contributed by atoms with Crippen LogP contribution in [0, 0.1) is 13.8 Å². The van der Waals surface area contributed by atoms with Crippen LogP contribution in [0.4, 0.5) is 0 Å². The van der Waals surface area contributed by atoms with E-state index in [1.165, 1.54) is 0 Å². The average Bonchev–Trinajstić information content (AvgIpc) is 3.24. The number of aromatic nitrogens is 3. The Balaban J connectivity index is 1.60. The van der Waals surface area contributed by atoms with E-state index in [1.807, 2.05) is 29.6 Å². The van der Waals surface area contributed by atoms with Crippen LogP contribution in [0.1, 0.15) is 61.3 Å². The number of ether oxygens (including phenoxy) is 1. The molecule has 1 fully saturated rings. The van der Waals surface area contributed by atoms with Crippen molar-refractivity contribution in [2.75, 3.05) is 33.3 Å². The second kappa shape index (κ2) is 10.8. The Hall–Kier alpha value is -2.57. The number of fused-ring (bicyclic) bond motifs is 1. The van der Waals surface area contributed by atoms with Crippen LogP contribution in [-0.2, 0) is 0 Å². The van der Waals surface area contributed by atoms with Crippen molar-refractivity contribution in [1.29, 1.82) is 0 Å². The molecular weight excluding hydrogens is 446 g/mol. The van der Waals surface area contributed by atoms with E-state index in [2.05, 4.69) is 54.4 Å². The molecule has 0 amide bonds. The maximum Gasteiger partial charge on any atom is 0.155 e. The summed E-state index contributed by atoms with van der Waals surface area (Å²) >= 11 is 6.42. The van der Waals surface area contributed by atoms with Gasteiger partial charge in [0.25, 0.3) is 0 Å². The van der Waals surface area contributed by atoms with Gasteiger partial charge in [-0.15, -0.1) is 0 Å². The van der Waals surface area contributed by atoms with Crippen LogP contribution in [0.15, 0.2) is 36.9 Å². The number of nitrogens with zero attached hydrogens (tertiary/aromatic N) is 5. The SMILES string of the molecule is C=C(c1cc(Cl)ccc1OCCN(C)CCC)N1CCCCC1c1cc2nc(C)cc(C)n2n1. The predicted molar refractivity (Wildman–Crippen MR) is 140 cm³/mol. The standard InChI is InChI=1S/C27H36ClN5O/c1-6-12-31(5)14-15-34-26-11-10-22(28)17-23(26)21(4)32-13-8-7-9-25(32)24-18-27-29-19(2)16-20(3)33(27)30-24/h10-11,16-18,25H,4,6-9,12-15H2,1-3,5H3. The van der Waals surface area contributed by atoms with Gasteiger partial charge < -0.3 is 14.5 Å². The van der Waals surface area contributed by atoms with Gasteiger partial charge in [-0.3, -0.25) is 0 Å². The third-order valence-electron chi connectivity index (χ3n) is 6.53. The molecule has 1 saturated heterocycles. The highest BCUT2D eigenvalue weighted by molar-refractivity contribution is 6.30. The molecule has 34 heavy (non-hydrogen) atoms. The minimum absolute atomic E-state index is 0.144. The predicted octanol–water partition coefficient (Wildman–Crippen LogP) is 5.92. The molecular formula is C27H36ClN5O. The summed E-state index contributed by atoms with van der Waals surface area (Å²) in [5.41, 5.74) is 5.91. The second-order valence-electron chi connectivity index (χ2n) is 9.32. The Morgan fingerprint density at radius 3 is 2.82 bits per heavy atom. The lowest BCUT2D eigenvalue weighted by Crippen LogP contribution is -2.32. The molecule has 4 rings (SSSR count). The van der Waals surface area contributed by atoms with E-state index in [-0.39, 0.29) is 6.04 Å². The monoisotopic (exact) mass is 481 g/mol. The molecule has 6 nitrogen and oxygen atoms in total. The Morgan fingerprint density at radius 1 is 1.21 bits per heavy atom. The summed E-state index contributed by atoms with van der Waals surface area (Å²) in [7, 11) is 2.12. The summed E-state index contributed by atoms with van der Waals surface area (Å²) in [5, 5.41) is 5.62. The van der Waals surface area contributed by atoms with Crippen molar-refractivity contribution in [2.45, 2.75) is 52.5 Å². The Morgan fingerprint density at radius 2 is 2.03 bits per heavy atom. The minimum atomic E-state index is 0.144. The Bertz CT molecular complexity index is 1160. The molecule has 3 heterocycles. The molecule has 1 aliphatic rings. The third-order valence-corrected chi connectivity index (χ3v) is 6.77. The van der Waals surface area contributed by atoms with Crippen LogP contribution >= 0.6 is 11.6 Å². The van der Waals surface area contributed by atoms with Crippen molar-refractivity contribution in [2.24, 2.45) is 0 Å². The van der Waals surface area contributed by atoms with E-state index in [4.69, 9.17) is 21.4 Å². The number of piperidine rings is 1. The van der Waals surface area contributed by atoms with E-state index in [0.717, 1.165) is 85.1 Å². The molecule has 2 aromatic heterocycles. The second-order valence-corrected chi connectivity index (χ2v) is 9.76. The van der Waals surface area contributed by atoms with Crippen molar-refractivity contribution in [1.82, 2.24) is 24.4 Å². The van der Waals surface area contributed by atoms with Gasteiger partial charge in [0.1, 0.15) is 12.4 Å². The van der Waals surface area contributed by atoms with Crippen LogP contribution < -0.4 is 4.74 Å². The lowest BCUT2D eigenvalue weighted by Gasteiger charge is -2.38. The maximum absolute atomic E-state index is 6.42. The highest BCUT2D eigenvalue weighted by Gasteiger charge is 2.29. The first-order valence-electron chi connectivity index (χ1n) is 12.3. The van der Waals surface area contributed by atoms with Crippen molar-refractivity contribution < 1.29 is 4.74 Å². The number of hydrogen-bond donors (Lipinski definition) is 0. The van der Waals surface area contributed by atoms with Crippen LogP contribution in [0.2, 0.25) is 5.02 Å². The summed E-state index contributed by atoms with van der Waals surface area (Å²) in [6.07, 6.45) is 4.45. The van der Waals surface area contributed by atoms with Crippen LogP contribution in [0.5, 0.6) is 5.75 Å². The molecule has 3 aromatic rings. The van der Waals surface area contributed by atoms with Gasteiger partial charge in [0.2, 0.25) is 0 Å². The quantitative estimate of drug-likeness (QED) is 0.379. The zero-order chi connectivity index (χ0) is 24.2. The van der Waals surface area contributed by atoms with Crippen molar-refractivity contribution >= 4 is 22.9 Å². The fourth-order valence-corrected chi connectivity index (χ4v) is 5.01. The summed E-state index contributed by atoms with van der Waals surface area (Å²) in [4.78, 5) is 9.34. The van der Waals surface area contributed by atoms with Gasteiger partial charge in [-0.1, -0.05) is 25.1 Å². The summed E-state index contributed by atoms with van der Waals surface area (Å²) in [6.45, 7) is 14.3. The molecule has 0 radical (unpaired) electrons.